The summed E-state index contributed by atoms with van der Waals surface area (Å²) < 4.78 is 0. The third kappa shape index (κ3) is 6.40. The molecule has 2 aliphatic rings. The first kappa shape index (κ1) is 35.5. The first-order valence-corrected chi connectivity index (χ1v) is 18.2. The first-order chi connectivity index (χ1) is 28.3. The number of carboxylic acid groups (broad SMARTS) is 2. The van der Waals surface area contributed by atoms with E-state index in [0.29, 0.717) is 44.9 Å². The van der Waals surface area contributed by atoms with Crippen LogP contribution in [0, 0.1) is 0 Å². The number of carbonyl (C=O) groups is 4. The molecule has 5 heterocycles. The van der Waals surface area contributed by atoms with Gasteiger partial charge in [0.25, 0.3) is 0 Å². The molecule has 0 aliphatic carbocycles. The van der Waals surface area contributed by atoms with E-state index in [-0.39, 0.29) is 11.1 Å². The molecule has 0 saturated heterocycles. The SMILES string of the molecule is O=Cc1ccc(-c2c3nc(c(-c4ccc(C=O)cc4)c4ccc([nH]4)c(-c4ccc(C(=O)O)cc4)c4nc(c(-c5ccc(C(=O)O)cc5)c5ccc2[nH]5)C=C4)C=C3)cc1. The lowest BCUT2D eigenvalue weighted by Crippen LogP contribution is -1.96. The average molecular weight is 759 g/mol. The van der Waals surface area contributed by atoms with Gasteiger partial charge in [-0.05, 0) is 95.1 Å². The highest BCUT2D eigenvalue weighted by Gasteiger charge is 2.19. The van der Waals surface area contributed by atoms with Crippen LogP contribution in [0.5, 0.6) is 0 Å². The molecule has 4 N–H and O–H groups in total. The van der Waals surface area contributed by atoms with E-state index in [1.54, 1.807) is 72.8 Å². The van der Waals surface area contributed by atoms with Crippen molar-refractivity contribution >= 4 is 70.9 Å². The van der Waals surface area contributed by atoms with Gasteiger partial charge in [-0.3, -0.25) is 9.59 Å². The molecular weight excluding hydrogens is 729 g/mol. The number of nitrogens with zero attached hydrogens (tertiary/aromatic N) is 2. The molecule has 0 amide bonds. The molecule has 58 heavy (non-hydrogen) atoms. The van der Waals surface area contributed by atoms with Crippen LogP contribution >= 0.6 is 0 Å². The topological polar surface area (TPSA) is 166 Å². The van der Waals surface area contributed by atoms with Gasteiger partial charge in [-0.1, -0.05) is 72.8 Å². The van der Waals surface area contributed by atoms with E-state index in [9.17, 15) is 29.4 Å². The van der Waals surface area contributed by atoms with Gasteiger partial charge in [-0.2, -0.15) is 0 Å². The number of benzene rings is 4. The predicted octanol–water partition coefficient (Wildman–Crippen LogP) is 10.3. The number of aromatic carboxylic acids is 2. The van der Waals surface area contributed by atoms with Crippen LogP contribution in [0.15, 0.2) is 121 Å². The third-order valence-corrected chi connectivity index (χ3v) is 10.3. The molecule has 0 atom stereocenters. The van der Waals surface area contributed by atoms with Gasteiger partial charge in [0, 0.05) is 55.4 Å². The fraction of sp³-hybridized carbons (Fsp3) is 0. The van der Waals surface area contributed by atoms with Crippen LogP contribution in [0.2, 0.25) is 0 Å². The maximum absolute atomic E-state index is 11.8. The molecule has 10 nitrogen and oxygen atoms in total. The van der Waals surface area contributed by atoms with E-state index < -0.39 is 11.9 Å². The van der Waals surface area contributed by atoms with E-state index in [1.165, 1.54) is 0 Å². The summed E-state index contributed by atoms with van der Waals surface area (Å²) in [5.74, 6) is -2.08. The Morgan fingerprint density at radius 3 is 0.897 bits per heavy atom. The summed E-state index contributed by atoms with van der Waals surface area (Å²) in [7, 11) is 0. The number of aromatic nitrogens is 4. The second-order valence-corrected chi connectivity index (χ2v) is 13.7. The quantitative estimate of drug-likeness (QED) is 0.111. The van der Waals surface area contributed by atoms with Crippen molar-refractivity contribution in [1.29, 1.82) is 0 Å². The fourth-order valence-corrected chi connectivity index (χ4v) is 7.44. The van der Waals surface area contributed by atoms with Crippen LogP contribution in [-0.4, -0.2) is 54.7 Å². The number of hydrogen-bond donors (Lipinski definition) is 4. The summed E-state index contributed by atoms with van der Waals surface area (Å²) in [6, 6.07) is 35.6. The maximum Gasteiger partial charge on any atom is 0.335 e. The van der Waals surface area contributed by atoms with Gasteiger partial charge in [0.1, 0.15) is 12.6 Å². The van der Waals surface area contributed by atoms with Crippen LogP contribution in [0.25, 0.3) is 90.9 Å². The zero-order valence-electron chi connectivity index (χ0n) is 30.4. The van der Waals surface area contributed by atoms with Crippen molar-refractivity contribution in [2.45, 2.75) is 0 Å². The molecule has 0 unspecified atom stereocenters. The van der Waals surface area contributed by atoms with Crippen molar-refractivity contribution in [3.63, 3.8) is 0 Å². The smallest absolute Gasteiger partial charge is 0.335 e. The van der Waals surface area contributed by atoms with E-state index in [2.05, 4.69) is 9.97 Å². The van der Waals surface area contributed by atoms with Crippen LogP contribution in [0.4, 0.5) is 0 Å². The molecule has 7 aromatic rings. The van der Waals surface area contributed by atoms with Gasteiger partial charge in [0.15, 0.2) is 0 Å². The normalized spacial score (nSPS) is 11.7. The molecule has 0 saturated carbocycles. The minimum Gasteiger partial charge on any atom is -0.478 e. The van der Waals surface area contributed by atoms with Crippen molar-refractivity contribution in [2.24, 2.45) is 0 Å². The van der Waals surface area contributed by atoms with Crippen molar-refractivity contribution in [2.75, 3.05) is 0 Å². The summed E-state index contributed by atoms with van der Waals surface area (Å²) in [5.41, 5.74) is 12.9. The van der Waals surface area contributed by atoms with Gasteiger partial charge < -0.3 is 20.2 Å². The molecule has 10 heteroatoms. The fourth-order valence-electron chi connectivity index (χ4n) is 7.44. The van der Waals surface area contributed by atoms with E-state index >= 15 is 0 Å². The van der Waals surface area contributed by atoms with Crippen LogP contribution in [-0.2, 0) is 0 Å². The lowest BCUT2D eigenvalue weighted by molar-refractivity contribution is 0.0686. The predicted molar refractivity (Wildman–Crippen MR) is 225 cm³/mol. The third-order valence-electron chi connectivity index (χ3n) is 10.3. The molecular formula is C48H30N4O6. The largest absolute Gasteiger partial charge is 0.478 e. The van der Waals surface area contributed by atoms with Crippen molar-refractivity contribution in [1.82, 2.24) is 19.9 Å². The number of nitrogens with one attached hydrogen (secondary N) is 2. The Labute approximate surface area is 330 Å². The molecule has 278 valence electrons. The maximum atomic E-state index is 11.8. The Morgan fingerprint density at radius 2 is 0.655 bits per heavy atom. The Kier molecular flexibility index (Phi) is 8.83. The van der Waals surface area contributed by atoms with Crippen molar-refractivity contribution < 1.29 is 29.4 Å². The Morgan fingerprint density at radius 1 is 0.397 bits per heavy atom. The number of rotatable bonds is 8. The van der Waals surface area contributed by atoms with Crippen molar-refractivity contribution in [3.05, 3.63) is 166 Å². The zero-order valence-corrected chi connectivity index (χ0v) is 30.4. The number of fused-ring (bicyclic) bond motifs is 8. The first-order valence-electron chi connectivity index (χ1n) is 18.2. The highest BCUT2D eigenvalue weighted by Crippen LogP contribution is 2.38. The lowest BCUT2D eigenvalue weighted by Gasteiger charge is -2.07. The van der Waals surface area contributed by atoms with Crippen LogP contribution in [0.3, 0.4) is 0 Å². The number of carbonyl (C=O) groups excluding carboxylic acids is 2. The Bertz CT molecular complexity index is 2860. The van der Waals surface area contributed by atoms with E-state index in [4.69, 9.17) is 9.97 Å². The van der Waals surface area contributed by atoms with Gasteiger partial charge in [0.05, 0.1) is 33.9 Å². The van der Waals surface area contributed by atoms with Crippen LogP contribution < -0.4 is 0 Å². The van der Waals surface area contributed by atoms with Gasteiger partial charge in [-0.15, -0.1) is 0 Å². The minimum atomic E-state index is -1.04. The number of aromatic amines is 2. The minimum absolute atomic E-state index is 0.146. The number of H-pyrrole nitrogens is 2. The molecule has 3 aromatic heterocycles. The number of carboxylic acids is 2. The number of hydrogen-bond acceptors (Lipinski definition) is 6. The van der Waals surface area contributed by atoms with E-state index in [0.717, 1.165) is 68.1 Å². The summed E-state index contributed by atoms with van der Waals surface area (Å²) >= 11 is 0. The molecule has 4 aromatic carbocycles. The highest BCUT2D eigenvalue weighted by molar-refractivity contribution is 6.01. The second kappa shape index (κ2) is 14.4. The molecule has 0 radical (unpaired) electrons. The molecule has 2 aliphatic heterocycles. The average Bonchev–Trinajstić information content (AvgIpc) is 4.10. The van der Waals surface area contributed by atoms with Gasteiger partial charge in [0.2, 0.25) is 0 Å². The highest BCUT2D eigenvalue weighted by atomic mass is 16.4. The van der Waals surface area contributed by atoms with Gasteiger partial charge >= 0.3 is 11.9 Å². The monoisotopic (exact) mass is 758 g/mol. The van der Waals surface area contributed by atoms with Gasteiger partial charge in [-0.25, -0.2) is 19.6 Å². The lowest BCUT2D eigenvalue weighted by atomic mass is 10.0. The van der Waals surface area contributed by atoms with Crippen molar-refractivity contribution in [3.8, 4) is 44.5 Å². The van der Waals surface area contributed by atoms with E-state index in [1.807, 2.05) is 72.8 Å². The number of aldehydes is 2. The molecule has 0 fully saturated rings. The Hall–Kier alpha value is -8.24. The molecule has 0 spiro atoms. The van der Waals surface area contributed by atoms with Crippen LogP contribution in [0.1, 0.15) is 64.2 Å². The second-order valence-electron chi connectivity index (χ2n) is 13.7. The summed E-state index contributed by atoms with van der Waals surface area (Å²) in [5, 5.41) is 19.4. The summed E-state index contributed by atoms with van der Waals surface area (Å²) in [6.07, 6.45) is 9.30. The zero-order chi connectivity index (χ0) is 39.9. The Balaban J connectivity index is 1.44. The summed E-state index contributed by atoms with van der Waals surface area (Å²) in [4.78, 5) is 64.6. The summed E-state index contributed by atoms with van der Waals surface area (Å²) in [6.45, 7) is 0. The molecule has 8 bridgehead atoms. The standard InChI is InChI=1S/C48H30N4O6/c53-25-27-1-5-29(6-2-27)43-35-17-18-36(49-35)44(30-7-3-28(26-54)4-8-30)38-20-22-40(51-38)46(32-11-15-34(16-12-32)48(57)58)42-24-23-41(52-42)45(39-21-19-37(43)50-39)31-9-13-33(14-10-31)47(55)56/h1-26,50-51H,(H,55,56)(H,57,58). The molecule has 9 rings (SSSR count).